The lowest BCUT2D eigenvalue weighted by molar-refractivity contribution is 0.0963. The van der Waals surface area contributed by atoms with E-state index in [2.05, 4.69) is 37.6 Å². The fraction of sp³-hybridized carbons (Fsp3) is 0.292. The predicted molar refractivity (Wildman–Crippen MR) is 124 cm³/mol. The molecule has 31 heavy (non-hydrogen) atoms. The molecule has 0 unspecified atom stereocenters. The molecule has 0 radical (unpaired) electrons. The molecule has 162 valence electrons. The average Bonchev–Trinajstić information content (AvgIpc) is 3.24. The molecule has 0 saturated carbocycles. The summed E-state index contributed by atoms with van der Waals surface area (Å²) in [4.78, 5) is 21.0. The summed E-state index contributed by atoms with van der Waals surface area (Å²) in [6.07, 6.45) is 4.59. The number of nitrogens with one attached hydrogen (secondary N) is 3. The van der Waals surface area contributed by atoms with Crippen molar-refractivity contribution in [1.82, 2.24) is 25.5 Å². The standard InChI is InChI=1S/C24H30N6O/c1-3-26-24(28-13-12-19-10-7-11-21(16-19)23(31)25-2)29-17-22-27-14-15-30(22)18-20-8-5-4-6-9-20/h4-11,14-16H,3,12-13,17-18H2,1-2H3,(H,25,31)(H2,26,28,29). The number of amides is 1. The molecule has 0 fully saturated rings. The van der Waals surface area contributed by atoms with Crippen molar-refractivity contribution in [2.75, 3.05) is 20.1 Å². The first-order valence-corrected chi connectivity index (χ1v) is 10.6. The van der Waals surface area contributed by atoms with Crippen molar-refractivity contribution < 1.29 is 4.79 Å². The normalized spacial score (nSPS) is 11.2. The molecule has 2 aromatic carbocycles. The molecule has 1 heterocycles. The topological polar surface area (TPSA) is 83.3 Å². The number of rotatable bonds is 9. The number of carbonyl (C=O) groups is 1. The van der Waals surface area contributed by atoms with Crippen LogP contribution in [0.3, 0.4) is 0 Å². The fourth-order valence-electron chi connectivity index (χ4n) is 3.24. The summed E-state index contributed by atoms with van der Waals surface area (Å²) in [6, 6.07) is 18.0. The Morgan fingerprint density at radius 2 is 1.87 bits per heavy atom. The van der Waals surface area contributed by atoms with E-state index in [1.807, 2.05) is 61.8 Å². The highest BCUT2D eigenvalue weighted by atomic mass is 16.1. The summed E-state index contributed by atoms with van der Waals surface area (Å²) in [5.74, 6) is 1.59. The second kappa shape index (κ2) is 11.5. The van der Waals surface area contributed by atoms with Gasteiger partial charge in [-0.1, -0.05) is 42.5 Å². The van der Waals surface area contributed by atoms with E-state index >= 15 is 0 Å². The maximum Gasteiger partial charge on any atom is 0.251 e. The SMILES string of the molecule is CCNC(=NCc1nccn1Cc1ccccc1)NCCc1cccc(C(=O)NC)c1. The summed E-state index contributed by atoms with van der Waals surface area (Å²) in [5.41, 5.74) is 3.00. The van der Waals surface area contributed by atoms with Crippen molar-refractivity contribution in [3.05, 3.63) is 89.5 Å². The Labute approximate surface area is 183 Å². The number of nitrogens with zero attached hydrogens (tertiary/aromatic N) is 3. The highest BCUT2D eigenvalue weighted by molar-refractivity contribution is 5.94. The minimum atomic E-state index is -0.0734. The molecule has 0 atom stereocenters. The fourth-order valence-corrected chi connectivity index (χ4v) is 3.24. The van der Waals surface area contributed by atoms with Gasteiger partial charge < -0.3 is 20.5 Å². The van der Waals surface area contributed by atoms with E-state index in [-0.39, 0.29) is 5.91 Å². The van der Waals surface area contributed by atoms with Crippen LogP contribution in [-0.4, -0.2) is 41.6 Å². The van der Waals surface area contributed by atoms with Crippen molar-refractivity contribution in [3.8, 4) is 0 Å². The highest BCUT2D eigenvalue weighted by Gasteiger charge is 2.06. The van der Waals surface area contributed by atoms with E-state index < -0.39 is 0 Å². The zero-order chi connectivity index (χ0) is 21.9. The summed E-state index contributed by atoms with van der Waals surface area (Å²) in [5, 5.41) is 9.30. The first-order valence-electron chi connectivity index (χ1n) is 10.6. The summed E-state index contributed by atoms with van der Waals surface area (Å²) in [7, 11) is 1.64. The molecule has 1 amide bonds. The molecule has 0 aliphatic heterocycles. The maximum absolute atomic E-state index is 11.8. The van der Waals surface area contributed by atoms with Crippen LogP contribution in [0.25, 0.3) is 0 Å². The molecule has 3 aromatic rings. The van der Waals surface area contributed by atoms with Crippen LogP contribution in [0.2, 0.25) is 0 Å². The van der Waals surface area contributed by atoms with Crippen LogP contribution in [0.4, 0.5) is 0 Å². The second-order valence-corrected chi connectivity index (χ2v) is 7.11. The average molecular weight is 419 g/mol. The number of aliphatic imine (C=N–C) groups is 1. The molecular weight excluding hydrogens is 388 g/mol. The lowest BCUT2D eigenvalue weighted by atomic mass is 10.1. The first-order chi connectivity index (χ1) is 15.2. The van der Waals surface area contributed by atoms with Gasteiger partial charge in [-0.05, 0) is 36.6 Å². The van der Waals surface area contributed by atoms with Gasteiger partial charge in [0.25, 0.3) is 5.91 Å². The van der Waals surface area contributed by atoms with Crippen molar-refractivity contribution in [1.29, 1.82) is 0 Å². The van der Waals surface area contributed by atoms with Gasteiger partial charge in [0.15, 0.2) is 5.96 Å². The molecular formula is C24H30N6O. The minimum Gasteiger partial charge on any atom is -0.357 e. The van der Waals surface area contributed by atoms with Gasteiger partial charge in [0.2, 0.25) is 0 Å². The Morgan fingerprint density at radius 3 is 2.65 bits per heavy atom. The summed E-state index contributed by atoms with van der Waals surface area (Å²) < 4.78 is 2.12. The molecule has 3 rings (SSSR count). The van der Waals surface area contributed by atoms with Crippen LogP contribution in [0, 0.1) is 0 Å². The van der Waals surface area contributed by atoms with Gasteiger partial charge in [0, 0.05) is 44.6 Å². The number of imidazole rings is 1. The van der Waals surface area contributed by atoms with Crippen LogP contribution in [0.1, 0.15) is 34.2 Å². The van der Waals surface area contributed by atoms with E-state index in [0.29, 0.717) is 18.7 Å². The number of aromatic nitrogens is 2. The molecule has 0 aliphatic carbocycles. The molecule has 0 spiro atoms. The number of benzene rings is 2. The molecule has 7 heteroatoms. The summed E-state index contributed by atoms with van der Waals surface area (Å²) in [6.45, 7) is 4.79. The Bertz CT molecular complexity index is 996. The Hall–Kier alpha value is -3.61. The van der Waals surface area contributed by atoms with Crippen LogP contribution in [-0.2, 0) is 19.5 Å². The van der Waals surface area contributed by atoms with Gasteiger partial charge in [-0.3, -0.25) is 4.79 Å². The van der Waals surface area contributed by atoms with Gasteiger partial charge in [-0.15, -0.1) is 0 Å². The Kier molecular flexibility index (Phi) is 8.22. The highest BCUT2D eigenvalue weighted by Crippen LogP contribution is 2.07. The zero-order valence-corrected chi connectivity index (χ0v) is 18.1. The van der Waals surface area contributed by atoms with E-state index in [4.69, 9.17) is 4.99 Å². The molecule has 7 nitrogen and oxygen atoms in total. The largest absolute Gasteiger partial charge is 0.357 e. The number of carbonyl (C=O) groups excluding carboxylic acids is 1. The van der Waals surface area contributed by atoms with Crippen LogP contribution in [0.15, 0.2) is 72.0 Å². The van der Waals surface area contributed by atoms with Gasteiger partial charge in [-0.25, -0.2) is 9.98 Å². The van der Waals surface area contributed by atoms with Gasteiger partial charge in [0.05, 0.1) is 0 Å². The van der Waals surface area contributed by atoms with Crippen molar-refractivity contribution in [2.24, 2.45) is 4.99 Å². The Balaban J connectivity index is 1.58. The third-order valence-electron chi connectivity index (χ3n) is 4.84. The lowest BCUT2D eigenvalue weighted by Crippen LogP contribution is -2.38. The predicted octanol–water partition coefficient (Wildman–Crippen LogP) is 2.59. The summed E-state index contributed by atoms with van der Waals surface area (Å²) >= 11 is 0. The number of guanidine groups is 1. The minimum absolute atomic E-state index is 0.0734. The quantitative estimate of drug-likeness (QED) is 0.368. The monoisotopic (exact) mass is 418 g/mol. The van der Waals surface area contributed by atoms with Crippen LogP contribution >= 0.6 is 0 Å². The molecule has 0 bridgehead atoms. The lowest BCUT2D eigenvalue weighted by Gasteiger charge is -2.12. The van der Waals surface area contributed by atoms with E-state index in [1.165, 1.54) is 5.56 Å². The van der Waals surface area contributed by atoms with Crippen molar-refractivity contribution in [2.45, 2.75) is 26.4 Å². The van der Waals surface area contributed by atoms with Crippen molar-refractivity contribution in [3.63, 3.8) is 0 Å². The van der Waals surface area contributed by atoms with E-state index in [9.17, 15) is 4.79 Å². The van der Waals surface area contributed by atoms with Gasteiger partial charge >= 0.3 is 0 Å². The molecule has 3 N–H and O–H groups in total. The number of hydrogen-bond donors (Lipinski definition) is 3. The number of hydrogen-bond acceptors (Lipinski definition) is 3. The zero-order valence-electron chi connectivity index (χ0n) is 18.1. The molecule has 1 aromatic heterocycles. The second-order valence-electron chi connectivity index (χ2n) is 7.11. The molecule has 0 saturated heterocycles. The van der Waals surface area contributed by atoms with Crippen molar-refractivity contribution >= 4 is 11.9 Å². The van der Waals surface area contributed by atoms with Gasteiger partial charge in [-0.2, -0.15) is 0 Å². The Morgan fingerprint density at radius 1 is 1.06 bits per heavy atom. The van der Waals surface area contributed by atoms with Gasteiger partial charge in [0.1, 0.15) is 12.4 Å². The van der Waals surface area contributed by atoms with Crippen LogP contribution < -0.4 is 16.0 Å². The maximum atomic E-state index is 11.8. The molecule has 0 aliphatic rings. The van der Waals surface area contributed by atoms with Crippen LogP contribution in [0.5, 0.6) is 0 Å². The third-order valence-corrected chi connectivity index (χ3v) is 4.84. The first kappa shape index (κ1) is 22.1. The third kappa shape index (κ3) is 6.70. The van der Waals surface area contributed by atoms with E-state index in [0.717, 1.165) is 36.9 Å². The van der Waals surface area contributed by atoms with E-state index in [1.54, 1.807) is 7.05 Å². The smallest absolute Gasteiger partial charge is 0.251 e.